The molecule has 0 N–H and O–H groups in total. The van der Waals surface area contributed by atoms with Crippen LogP contribution in [0.15, 0.2) is 24.3 Å². The number of hydrogen-bond donors (Lipinski definition) is 0. The molecule has 94 valence electrons. The van der Waals surface area contributed by atoms with E-state index in [-0.39, 0.29) is 5.97 Å². The van der Waals surface area contributed by atoms with Gasteiger partial charge >= 0.3 is 5.97 Å². The first-order valence-corrected chi connectivity index (χ1v) is 5.75. The Kier molecular flexibility index (Phi) is 4.55. The second kappa shape index (κ2) is 5.71. The summed E-state index contributed by atoms with van der Waals surface area (Å²) < 4.78 is 10.4. The number of carbonyl (C=O) groups is 1. The minimum atomic E-state index is -0.411. The highest BCUT2D eigenvalue weighted by molar-refractivity contribution is 5.70. The Bertz CT molecular complexity index is 377. The average molecular weight is 236 g/mol. The number of aryl methyl sites for hydroxylation is 1. The van der Waals surface area contributed by atoms with Gasteiger partial charge in [0.2, 0.25) is 0 Å². The highest BCUT2D eigenvalue weighted by Crippen LogP contribution is 2.15. The van der Waals surface area contributed by atoms with Gasteiger partial charge in [-0.1, -0.05) is 12.1 Å². The molecule has 0 saturated carbocycles. The van der Waals surface area contributed by atoms with Crippen molar-refractivity contribution < 1.29 is 14.3 Å². The van der Waals surface area contributed by atoms with E-state index in [0.29, 0.717) is 12.8 Å². The number of benzene rings is 1. The van der Waals surface area contributed by atoms with E-state index in [0.717, 1.165) is 11.3 Å². The summed E-state index contributed by atoms with van der Waals surface area (Å²) in [4.78, 5) is 11.5. The standard InChI is InChI=1S/C14H20O3/c1-14(2,3)17-13(15)9-8-11-6-5-7-12(10-11)16-4/h5-7,10H,8-9H2,1-4H3. The maximum atomic E-state index is 11.5. The summed E-state index contributed by atoms with van der Waals surface area (Å²) in [5, 5.41) is 0. The molecule has 0 atom stereocenters. The monoisotopic (exact) mass is 236 g/mol. The van der Waals surface area contributed by atoms with Crippen molar-refractivity contribution in [3.63, 3.8) is 0 Å². The van der Waals surface area contributed by atoms with Gasteiger partial charge in [-0.05, 0) is 44.9 Å². The molecule has 1 rings (SSSR count). The fourth-order valence-corrected chi connectivity index (χ4v) is 1.47. The van der Waals surface area contributed by atoms with Crippen LogP contribution in [0, 0.1) is 0 Å². The van der Waals surface area contributed by atoms with Crippen LogP contribution in [0.3, 0.4) is 0 Å². The number of hydrogen-bond acceptors (Lipinski definition) is 3. The van der Waals surface area contributed by atoms with Gasteiger partial charge in [-0.15, -0.1) is 0 Å². The van der Waals surface area contributed by atoms with Gasteiger partial charge in [-0.3, -0.25) is 4.79 Å². The molecule has 0 aliphatic heterocycles. The number of carbonyl (C=O) groups excluding carboxylic acids is 1. The summed E-state index contributed by atoms with van der Waals surface area (Å²) in [7, 11) is 1.63. The van der Waals surface area contributed by atoms with Crippen molar-refractivity contribution in [2.45, 2.75) is 39.2 Å². The third-order valence-electron chi connectivity index (χ3n) is 2.17. The molecule has 0 unspecified atom stereocenters. The molecular formula is C14H20O3. The third kappa shape index (κ3) is 5.38. The number of methoxy groups -OCH3 is 1. The summed E-state index contributed by atoms with van der Waals surface area (Å²) in [6, 6.07) is 7.72. The van der Waals surface area contributed by atoms with Gasteiger partial charge in [0.25, 0.3) is 0 Å². The molecule has 0 radical (unpaired) electrons. The Morgan fingerprint density at radius 1 is 1.29 bits per heavy atom. The Hall–Kier alpha value is -1.51. The van der Waals surface area contributed by atoms with Gasteiger partial charge in [-0.25, -0.2) is 0 Å². The zero-order valence-corrected chi connectivity index (χ0v) is 10.9. The van der Waals surface area contributed by atoms with E-state index in [1.54, 1.807) is 7.11 Å². The van der Waals surface area contributed by atoms with Crippen molar-refractivity contribution in [2.75, 3.05) is 7.11 Å². The summed E-state index contributed by atoms with van der Waals surface area (Å²) in [6.45, 7) is 5.61. The predicted molar refractivity (Wildman–Crippen MR) is 67.2 cm³/mol. The Morgan fingerprint density at radius 2 is 2.00 bits per heavy atom. The van der Waals surface area contributed by atoms with Crippen LogP contribution >= 0.6 is 0 Å². The van der Waals surface area contributed by atoms with Gasteiger partial charge < -0.3 is 9.47 Å². The number of rotatable bonds is 4. The van der Waals surface area contributed by atoms with E-state index in [1.807, 2.05) is 45.0 Å². The fraction of sp³-hybridized carbons (Fsp3) is 0.500. The number of ether oxygens (including phenoxy) is 2. The van der Waals surface area contributed by atoms with E-state index < -0.39 is 5.60 Å². The third-order valence-corrected chi connectivity index (χ3v) is 2.17. The van der Waals surface area contributed by atoms with Crippen molar-refractivity contribution in [3.8, 4) is 5.75 Å². The summed E-state index contributed by atoms with van der Waals surface area (Å²) in [5.41, 5.74) is 0.668. The van der Waals surface area contributed by atoms with Crippen molar-refractivity contribution in [3.05, 3.63) is 29.8 Å². The molecule has 0 fully saturated rings. The van der Waals surface area contributed by atoms with Crippen LogP contribution in [0.5, 0.6) is 5.75 Å². The highest BCUT2D eigenvalue weighted by atomic mass is 16.6. The SMILES string of the molecule is COc1cccc(CCC(=O)OC(C)(C)C)c1. The van der Waals surface area contributed by atoms with Crippen molar-refractivity contribution in [1.29, 1.82) is 0 Å². The molecule has 0 heterocycles. The molecule has 0 aliphatic rings. The molecule has 0 spiro atoms. The lowest BCUT2D eigenvalue weighted by Gasteiger charge is -2.19. The first-order chi connectivity index (χ1) is 7.90. The molecular weight excluding hydrogens is 216 g/mol. The molecule has 0 aromatic heterocycles. The van der Waals surface area contributed by atoms with Crippen LogP contribution in [0.1, 0.15) is 32.8 Å². The van der Waals surface area contributed by atoms with E-state index in [4.69, 9.17) is 9.47 Å². The zero-order chi connectivity index (χ0) is 12.9. The van der Waals surface area contributed by atoms with Gasteiger partial charge in [0, 0.05) is 6.42 Å². The second-order valence-electron chi connectivity index (χ2n) is 4.94. The molecule has 3 nitrogen and oxygen atoms in total. The topological polar surface area (TPSA) is 35.5 Å². The van der Waals surface area contributed by atoms with Gasteiger partial charge in [0.1, 0.15) is 11.4 Å². The van der Waals surface area contributed by atoms with Crippen LogP contribution in [0.4, 0.5) is 0 Å². The summed E-state index contributed by atoms with van der Waals surface area (Å²) in [6.07, 6.45) is 1.07. The molecule has 1 aromatic rings. The maximum Gasteiger partial charge on any atom is 0.306 e. The lowest BCUT2D eigenvalue weighted by molar-refractivity contribution is -0.154. The summed E-state index contributed by atoms with van der Waals surface area (Å²) >= 11 is 0. The minimum absolute atomic E-state index is 0.166. The quantitative estimate of drug-likeness (QED) is 0.754. The zero-order valence-electron chi connectivity index (χ0n) is 10.9. The summed E-state index contributed by atoms with van der Waals surface area (Å²) in [5.74, 6) is 0.645. The smallest absolute Gasteiger partial charge is 0.306 e. The molecule has 0 aliphatic carbocycles. The van der Waals surface area contributed by atoms with Crippen LogP contribution < -0.4 is 4.74 Å². The first kappa shape index (κ1) is 13.6. The molecule has 1 aromatic carbocycles. The second-order valence-corrected chi connectivity index (χ2v) is 4.94. The van der Waals surface area contributed by atoms with E-state index in [9.17, 15) is 4.79 Å². The first-order valence-electron chi connectivity index (χ1n) is 5.75. The lowest BCUT2D eigenvalue weighted by atomic mass is 10.1. The van der Waals surface area contributed by atoms with Gasteiger partial charge in [0.05, 0.1) is 7.11 Å². The molecule has 17 heavy (non-hydrogen) atoms. The Balaban J connectivity index is 2.47. The fourth-order valence-electron chi connectivity index (χ4n) is 1.47. The maximum absolute atomic E-state index is 11.5. The van der Waals surface area contributed by atoms with Crippen molar-refractivity contribution in [2.24, 2.45) is 0 Å². The molecule has 3 heteroatoms. The normalized spacial score (nSPS) is 11.1. The predicted octanol–water partition coefficient (Wildman–Crippen LogP) is 2.97. The molecule has 0 amide bonds. The van der Waals surface area contributed by atoms with E-state index in [1.165, 1.54) is 0 Å². The lowest BCUT2D eigenvalue weighted by Crippen LogP contribution is -2.23. The molecule has 0 saturated heterocycles. The Morgan fingerprint density at radius 3 is 2.59 bits per heavy atom. The molecule has 0 bridgehead atoms. The van der Waals surface area contributed by atoms with Crippen LogP contribution in [-0.4, -0.2) is 18.7 Å². The van der Waals surface area contributed by atoms with Crippen molar-refractivity contribution >= 4 is 5.97 Å². The largest absolute Gasteiger partial charge is 0.497 e. The van der Waals surface area contributed by atoms with Crippen molar-refractivity contribution in [1.82, 2.24) is 0 Å². The minimum Gasteiger partial charge on any atom is -0.497 e. The van der Waals surface area contributed by atoms with Crippen LogP contribution in [0.25, 0.3) is 0 Å². The Labute approximate surface area is 103 Å². The van der Waals surface area contributed by atoms with Crippen LogP contribution in [0.2, 0.25) is 0 Å². The number of esters is 1. The van der Waals surface area contributed by atoms with Crippen LogP contribution in [-0.2, 0) is 16.0 Å². The van der Waals surface area contributed by atoms with Gasteiger partial charge in [-0.2, -0.15) is 0 Å². The van der Waals surface area contributed by atoms with E-state index in [2.05, 4.69) is 0 Å². The van der Waals surface area contributed by atoms with E-state index >= 15 is 0 Å². The average Bonchev–Trinajstić information content (AvgIpc) is 2.24. The van der Waals surface area contributed by atoms with Gasteiger partial charge in [0.15, 0.2) is 0 Å². The highest BCUT2D eigenvalue weighted by Gasteiger charge is 2.15.